The van der Waals surface area contributed by atoms with Crippen molar-refractivity contribution in [3.8, 4) is 0 Å². The van der Waals surface area contributed by atoms with Gasteiger partial charge in [-0.3, -0.25) is 14.5 Å². The number of piperidine rings is 1. The highest BCUT2D eigenvalue weighted by Gasteiger charge is 2.46. The molecule has 2 aliphatic rings. The van der Waals surface area contributed by atoms with Gasteiger partial charge < -0.3 is 15.0 Å². The molecule has 1 saturated carbocycles. The molecule has 34 heavy (non-hydrogen) atoms. The summed E-state index contributed by atoms with van der Waals surface area (Å²) in [4.78, 5) is 44.6. The van der Waals surface area contributed by atoms with Crippen LogP contribution in [0.2, 0.25) is 0 Å². The van der Waals surface area contributed by atoms with Crippen molar-refractivity contribution >= 4 is 17.7 Å². The monoisotopic (exact) mass is 474 g/mol. The van der Waals surface area contributed by atoms with E-state index in [0.29, 0.717) is 11.1 Å². The first-order valence-electron chi connectivity index (χ1n) is 11.5. The van der Waals surface area contributed by atoms with Gasteiger partial charge in [0.05, 0.1) is 17.5 Å². The van der Waals surface area contributed by atoms with Gasteiger partial charge in [-0.05, 0) is 50.3 Å². The Morgan fingerprint density at radius 2 is 2.00 bits per heavy atom. The summed E-state index contributed by atoms with van der Waals surface area (Å²) in [6.45, 7) is 1.67. The van der Waals surface area contributed by atoms with Gasteiger partial charge in [-0.1, -0.05) is 6.07 Å². The summed E-state index contributed by atoms with van der Waals surface area (Å²) in [5, 5.41) is 2.68. The lowest BCUT2D eigenvalue weighted by Crippen LogP contribution is -2.52. The molecule has 0 spiro atoms. The average Bonchev–Trinajstić information content (AvgIpc) is 3.33. The molecule has 10 heteroatoms. The highest BCUT2D eigenvalue weighted by molar-refractivity contribution is 5.94. The number of carbonyl (C=O) groups excluding carboxylic acids is 2. The van der Waals surface area contributed by atoms with Gasteiger partial charge in [0.1, 0.15) is 11.9 Å². The lowest BCUT2D eigenvalue weighted by atomic mass is 9.87. The van der Waals surface area contributed by atoms with Crippen molar-refractivity contribution in [2.75, 3.05) is 18.4 Å². The van der Waals surface area contributed by atoms with Gasteiger partial charge in [0.25, 0.3) is 5.92 Å². The van der Waals surface area contributed by atoms with Crippen molar-refractivity contribution in [3.05, 3.63) is 58.1 Å². The Kier molecular flexibility index (Phi) is 7.06. The lowest BCUT2D eigenvalue weighted by molar-refractivity contribution is -0.125. The van der Waals surface area contributed by atoms with Gasteiger partial charge in [-0.15, -0.1) is 0 Å². The fraction of sp³-hybridized carbons (Fsp3) is 0.500. The zero-order valence-corrected chi connectivity index (χ0v) is 18.9. The maximum Gasteiger partial charge on any atom is 0.339 e. The third kappa shape index (κ3) is 5.49. The number of amides is 1. The van der Waals surface area contributed by atoms with Gasteiger partial charge in [0.2, 0.25) is 11.5 Å². The van der Waals surface area contributed by atoms with Gasteiger partial charge >= 0.3 is 5.97 Å². The lowest BCUT2D eigenvalue weighted by Gasteiger charge is -2.40. The van der Waals surface area contributed by atoms with E-state index in [9.17, 15) is 23.2 Å². The number of alkyl halides is 2. The summed E-state index contributed by atoms with van der Waals surface area (Å²) < 4.78 is 34.7. The fourth-order valence-corrected chi connectivity index (χ4v) is 4.48. The van der Waals surface area contributed by atoms with E-state index in [1.54, 1.807) is 11.8 Å². The first-order valence-corrected chi connectivity index (χ1v) is 11.5. The Morgan fingerprint density at radius 3 is 2.65 bits per heavy atom. The van der Waals surface area contributed by atoms with E-state index < -0.39 is 30.3 Å². The number of pyridine rings is 2. The number of aromatic nitrogens is 2. The number of halogens is 2. The summed E-state index contributed by atoms with van der Waals surface area (Å²) in [7, 11) is 0. The molecule has 0 aromatic carbocycles. The van der Waals surface area contributed by atoms with Crippen LogP contribution < -0.4 is 10.9 Å². The van der Waals surface area contributed by atoms with Crippen LogP contribution in [0.3, 0.4) is 0 Å². The molecule has 1 unspecified atom stereocenters. The Morgan fingerprint density at radius 1 is 1.24 bits per heavy atom. The number of carbonyl (C=O) groups is 2. The van der Waals surface area contributed by atoms with E-state index in [1.807, 2.05) is 0 Å². The predicted octanol–water partition coefficient (Wildman–Crippen LogP) is 3.32. The smallest absolute Gasteiger partial charge is 0.339 e. The van der Waals surface area contributed by atoms with Crippen molar-refractivity contribution in [1.82, 2.24) is 14.9 Å². The predicted molar refractivity (Wildman–Crippen MR) is 121 cm³/mol. The number of hydrogen-bond acceptors (Lipinski definition) is 6. The van der Waals surface area contributed by atoms with Crippen LogP contribution in [-0.2, 0) is 9.53 Å². The molecule has 2 atom stereocenters. The van der Waals surface area contributed by atoms with Crippen molar-refractivity contribution in [2.24, 2.45) is 0 Å². The molecule has 4 rings (SSSR count). The largest absolute Gasteiger partial charge is 0.459 e. The van der Waals surface area contributed by atoms with E-state index in [0.717, 1.165) is 25.7 Å². The standard InChI is InChI=1S/C24H28F2N4O4/c1-15(30-11-10-24(25,26)19(14-30)16-7-9-21(31)28-12-16)22(32)29-20-8-6-17(13-27-20)23(33)34-18-4-2-3-5-18/h6-9,12-13,15,18-19H,2-5,10-11,14H2,1H3,(H,28,31)(H,27,29,32)/t15?,19-/m1/s1. The zero-order chi connectivity index (χ0) is 24.3. The molecular weight excluding hydrogens is 446 g/mol. The van der Waals surface area contributed by atoms with E-state index in [2.05, 4.69) is 15.3 Å². The molecule has 1 aliphatic heterocycles. The van der Waals surface area contributed by atoms with Gasteiger partial charge in [-0.25, -0.2) is 18.6 Å². The van der Waals surface area contributed by atoms with Crippen molar-refractivity contribution in [2.45, 2.75) is 63.0 Å². The second-order valence-corrected chi connectivity index (χ2v) is 8.95. The Hall–Kier alpha value is -3.14. The van der Waals surface area contributed by atoms with Crippen LogP contribution in [0.5, 0.6) is 0 Å². The molecule has 8 nitrogen and oxygen atoms in total. The molecule has 0 radical (unpaired) electrons. The fourth-order valence-electron chi connectivity index (χ4n) is 4.48. The van der Waals surface area contributed by atoms with Crippen molar-refractivity contribution in [3.63, 3.8) is 0 Å². The molecule has 2 N–H and O–H groups in total. The average molecular weight is 475 g/mol. The molecule has 1 aliphatic carbocycles. The maximum absolute atomic E-state index is 14.6. The Bertz CT molecular complexity index is 1060. The quantitative estimate of drug-likeness (QED) is 0.623. The Balaban J connectivity index is 1.36. The molecule has 2 fully saturated rings. The van der Waals surface area contributed by atoms with Crippen LogP contribution >= 0.6 is 0 Å². The van der Waals surface area contributed by atoms with E-state index in [1.165, 1.54) is 36.7 Å². The number of esters is 1. The summed E-state index contributed by atoms with van der Waals surface area (Å²) in [6, 6.07) is 4.99. The first kappa shape index (κ1) is 24.0. The number of nitrogens with zero attached hydrogens (tertiary/aromatic N) is 2. The van der Waals surface area contributed by atoms with Gasteiger partial charge in [0, 0.05) is 38.0 Å². The normalized spacial score (nSPS) is 21.7. The number of H-pyrrole nitrogens is 1. The number of likely N-dealkylation sites (tertiary alicyclic amines) is 1. The van der Waals surface area contributed by atoms with Gasteiger partial charge in [-0.2, -0.15) is 0 Å². The summed E-state index contributed by atoms with van der Waals surface area (Å²) in [6.07, 6.45) is 6.06. The highest BCUT2D eigenvalue weighted by atomic mass is 19.3. The minimum absolute atomic E-state index is 0.0347. The number of anilines is 1. The number of aromatic amines is 1. The minimum atomic E-state index is -2.95. The molecule has 1 saturated heterocycles. The number of rotatable bonds is 6. The van der Waals surface area contributed by atoms with Gasteiger partial charge in [0.15, 0.2) is 0 Å². The second kappa shape index (κ2) is 10.0. The third-order valence-electron chi connectivity index (χ3n) is 6.62. The maximum atomic E-state index is 14.6. The molecule has 1 amide bonds. The molecule has 0 bridgehead atoms. The SMILES string of the molecule is CC(C(=O)Nc1ccc(C(=O)OC2CCCC2)cn1)N1CCC(F)(F)[C@@H](c2ccc(=O)[nH]c2)C1. The molecule has 2 aromatic heterocycles. The van der Waals surface area contributed by atoms with Crippen molar-refractivity contribution < 1.29 is 23.1 Å². The van der Waals surface area contributed by atoms with Crippen LogP contribution in [0.1, 0.15) is 60.9 Å². The molecular formula is C24H28F2N4O4. The van der Waals surface area contributed by atoms with E-state index >= 15 is 0 Å². The van der Waals surface area contributed by atoms with E-state index in [4.69, 9.17) is 4.74 Å². The number of nitrogens with one attached hydrogen (secondary N) is 2. The van der Waals surface area contributed by atoms with Crippen LogP contribution in [0.4, 0.5) is 14.6 Å². The van der Waals surface area contributed by atoms with Crippen LogP contribution in [0, 0.1) is 0 Å². The summed E-state index contributed by atoms with van der Waals surface area (Å²) >= 11 is 0. The highest BCUT2D eigenvalue weighted by Crippen LogP contribution is 2.40. The second-order valence-electron chi connectivity index (χ2n) is 8.95. The first-order chi connectivity index (χ1) is 16.2. The van der Waals surface area contributed by atoms with Crippen molar-refractivity contribution in [1.29, 1.82) is 0 Å². The number of hydrogen-bond donors (Lipinski definition) is 2. The summed E-state index contributed by atoms with van der Waals surface area (Å²) in [5.41, 5.74) is 0.265. The minimum Gasteiger partial charge on any atom is -0.459 e. The van der Waals surface area contributed by atoms with E-state index in [-0.39, 0.29) is 36.5 Å². The number of ether oxygens (including phenoxy) is 1. The topological polar surface area (TPSA) is 104 Å². The zero-order valence-electron chi connectivity index (χ0n) is 18.9. The molecule has 2 aromatic rings. The molecule has 3 heterocycles. The van der Waals surface area contributed by atoms with Crippen LogP contribution in [0.15, 0.2) is 41.5 Å². The van der Waals surface area contributed by atoms with Crippen LogP contribution in [0.25, 0.3) is 0 Å². The van der Waals surface area contributed by atoms with Crippen LogP contribution in [-0.4, -0.2) is 57.9 Å². The Labute approximate surface area is 195 Å². The summed E-state index contributed by atoms with van der Waals surface area (Å²) in [5.74, 6) is -4.66. The molecule has 182 valence electrons. The third-order valence-corrected chi connectivity index (χ3v) is 6.62.